The third-order valence-corrected chi connectivity index (χ3v) is 10.0. The Morgan fingerprint density at radius 2 is 0.733 bits per heavy atom. The summed E-state index contributed by atoms with van der Waals surface area (Å²) < 4.78 is 111. The normalized spacial score (nSPS) is 15.4. The van der Waals surface area contributed by atoms with E-state index in [0.717, 1.165) is 59.4 Å². The van der Waals surface area contributed by atoms with Gasteiger partial charge >= 0.3 is 0 Å². The van der Waals surface area contributed by atoms with Gasteiger partial charge in [-0.15, -0.1) is 0 Å². The van der Waals surface area contributed by atoms with Crippen LogP contribution in [0.5, 0.6) is 0 Å². The van der Waals surface area contributed by atoms with E-state index in [1.807, 2.05) is 0 Å². The van der Waals surface area contributed by atoms with E-state index in [-0.39, 0.29) is 11.1 Å². The molecule has 2 aliphatic carbocycles. The van der Waals surface area contributed by atoms with Gasteiger partial charge in [0.25, 0.3) is 0 Å². The molecule has 6 rings (SSSR count). The minimum Gasteiger partial charge on any atom is -0.228 e. The molecule has 2 aliphatic rings. The van der Waals surface area contributed by atoms with Gasteiger partial charge in [-0.2, -0.15) is 0 Å². The molecule has 0 unspecified atom stereocenters. The Kier molecular flexibility index (Phi) is 8.48. The van der Waals surface area contributed by atoms with Gasteiger partial charge in [0.15, 0.2) is 33.1 Å². The molecule has 0 saturated heterocycles. The smallest absolute Gasteiger partial charge is 0.159 e. The molecule has 0 N–H and O–H groups in total. The van der Waals surface area contributed by atoms with Crippen LogP contribution in [0, 0.1) is 34.9 Å². The number of halogens is 6. The molecule has 0 radical (unpaired) electrons. The summed E-state index contributed by atoms with van der Waals surface area (Å²) >= 11 is 0. The topological polar surface area (TPSA) is 34.1 Å². The molecule has 45 heavy (non-hydrogen) atoms. The molecule has 0 spiro atoms. The minimum absolute atomic E-state index is 0.0592. The Hall–Kier alpha value is -4.11. The van der Waals surface area contributed by atoms with E-state index in [4.69, 9.17) is 0 Å². The lowest BCUT2D eigenvalue weighted by molar-refractivity contribution is 0.508. The number of allylic oxidation sites excluding steroid dienone is 4. The van der Waals surface area contributed by atoms with E-state index in [0.29, 0.717) is 47.9 Å². The average molecular weight is 639 g/mol. The van der Waals surface area contributed by atoms with Crippen molar-refractivity contribution >= 4 is 32.1 Å². The van der Waals surface area contributed by atoms with Gasteiger partial charge < -0.3 is 0 Å². The van der Waals surface area contributed by atoms with Crippen LogP contribution >= 0.6 is 0 Å². The van der Waals surface area contributed by atoms with Crippen LogP contribution in [-0.4, -0.2) is 8.42 Å². The quantitative estimate of drug-likeness (QED) is 0.180. The van der Waals surface area contributed by atoms with Crippen LogP contribution in [0.2, 0.25) is 0 Å². The number of benzene rings is 4. The highest BCUT2D eigenvalue weighted by Gasteiger charge is 2.24. The first-order chi connectivity index (χ1) is 21.5. The second-order valence-corrected chi connectivity index (χ2v) is 13.6. The molecule has 0 fully saturated rings. The lowest BCUT2D eigenvalue weighted by Gasteiger charge is -2.13. The van der Waals surface area contributed by atoms with Gasteiger partial charge in [-0.05, 0) is 119 Å². The maximum Gasteiger partial charge on any atom is 0.159 e. The van der Waals surface area contributed by atoms with Gasteiger partial charge in [-0.3, -0.25) is 0 Å². The van der Waals surface area contributed by atoms with E-state index >= 15 is 8.78 Å². The SMILES string of the molecule is O=S(=O)(Cc1ccc(C2=C(c3ccc(F)c(F)c3)CCC2)cc1F)Cc1ccc(C2=C(c3ccc(F)c(F)c3)CCC2)cc1F. The molecule has 0 saturated carbocycles. The summed E-state index contributed by atoms with van der Waals surface area (Å²) in [5.74, 6) is -6.57. The summed E-state index contributed by atoms with van der Waals surface area (Å²) in [6.07, 6.45) is 3.97. The second kappa shape index (κ2) is 12.4. The summed E-state index contributed by atoms with van der Waals surface area (Å²) in [5, 5.41) is 0. The Morgan fingerprint density at radius 1 is 0.422 bits per heavy atom. The lowest BCUT2D eigenvalue weighted by Crippen LogP contribution is -2.10. The Bertz CT molecular complexity index is 1860. The summed E-state index contributed by atoms with van der Waals surface area (Å²) in [4.78, 5) is 0. The molecule has 0 aliphatic heterocycles. The number of hydrogen-bond acceptors (Lipinski definition) is 2. The van der Waals surface area contributed by atoms with Crippen molar-refractivity contribution in [2.24, 2.45) is 0 Å². The van der Waals surface area contributed by atoms with Crippen molar-refractivity contribution in [1.29, 1.82) is 0 Å². The van der Waals surface area contributed by atoms with Gasteiger partial charge in [-0.25, -0.2) is 34.8 Å². The zero-order valence-corrected chi connectivity index (χ0v) is 24.9. The van der Waals surface area contributed by atoms with Crippen molar-refractivity contribution < 1.29 is 34.8 Å². The number of rotatable bonds is 8. The molecule has 9 heteroatoms. The number of sulfone groups is 1. The van der Waals surface area contributed by atoms with Crippen LogP contribution < -0.4 is 0 Å². The molecule has 4 aromatic carbocycles. The van der Waals surface area contributed by atoms with Crippen molar-refractivity contribution in [3.63, 3.8) is 0 Å². The van der Waals surface area contributed by atoms with Gasteiger partial charge in [0.1, 0.15) is 11.6 Å². The van der Waals surface area contributed by atoms with E-state index in [9.17, 15) is 26.0 Å². The summed E-state index contributed by atoms with van der Waals surface area (Å²) in [6.45, 7) is 0. The lowest BCUT2D eigenvalue weighted by atomic mass is 9.96. The first-order valence-corrected chi connectivity index (χ1v) is 16.4. The third kappa shape index (κ3) is 6.50. The van der Waals surface area contributed by atoms with Gasteiger partial charge in [0, 0.05) is 11.1 Å². The molecule has 0 amide bonds. The minimum atomic E-state index is -3.98. The van der Waals surface area contributed by atoms with E-state index in [1.165, 1.54) is 36.4 Å². The van der Waals surface area contributed by atoms with Crippen LogP contribution in [0.25, 0.3) is 22.3 Å². The molecular weight excluding hydrogens is 610 g/mol. The maximum absolute atomic E-state index is 15.2. The van der Waals surface area contributed by atoms with Crippen molar-refractivity contribution in [3.05, 3.63) is 141 Å². The molecule has 0 bridgehead atoms. The third-order valence-electron chi connectivity index (χ3n) is 8.53. The highest BCUT2D eigenvalue weighted by Crippen LogP contribution is 2.42. The van der Waals surface area contributed by atoms with Crippen LogP contribution in [0.15, 0.2) is 72.8 Å². The molecule has 232 valence electrons. The Morgan fingerprint density at radius 3 is 1.04 bits per heavy atom. The van der Waals surface area contributed by atoms with E-state index in [1.54, 1.807) is 12.1 Å². The van der Waals surface area contributed by atoms with Crippen LogP contribution in [0.4, 0.5) is 26.3 Å². The zero-order chi connectivity index (χ0) is 31.9. The fourth-order valence-corrected chi connectivity index (χ4v) is 7.88. The predicted octanol–water partition coefficient (Wildman–Crippen LogP) is 9.83. The highest BCUT2D eigenvalue weighted by molar-refractivity contribution is 7.89. The van der Waals surface area contributed by atoms with Crippen molar-refractivity contribution in [2.75, 3.05) is 0 Å². The average Bonchev–Trinajstić information content (AvgIpc) is 3.69. The highest BCUT2D eigenvalue weighted by atomic mass is 32.2. The maximum atomic E-state index is 15.2. The van der Waals surface area contributed by atoms with Crippen molar-refractivity contribution in [3.8, 4) is 0 Å². The summed E-state index contributed by atoms with van der Waals surface area (Å²) in [6, 6.07) is 15.8. The molecular formula is C36H28F6O2S. The largest absolute Gasteiger partial charge is 0.228 e. The first-order valence-electron chi connectivity index (χ1n) is 14.6. The number of hydrogen-bond donors (Lipinski definition) is 0. The van der Waals surface area contributed by atoms with Crippen LogP contribution in [0.3, 0.4) is 0 Å². The summed E-state index contributed by atoms with van der Waals surface area (Å²) in [7, 11) is -3.98. The van der Waals surface area contributed by atoms with Gasteiger partial charge in [0.05, 0.1) is 11.5 Å². The Labute approximate surface area is 257 Å². The molecule has 0 heterocycles. The monoisotopic (exact) mass is 638 g/mol. The second-order valence-electron chi connectivity index (χ2n) is 11.5. The summed E-state index contributed by atoms with van der Waals surface area (Å²) in [5.41, 5.74) is 5.16. The first kappa shape index (κ1) is 30.9. The standard InChI is InChI=1S/C36H28F6O2S/c37-31-13-11-23(17-35(31)41)29-5-1-3-27(29)21-7-9-25(33(39)15-21)19-45(43,44)20-26-10-8-22(16-34(26)40)28-4-2-6-30(28)24-12-14-32(38)36(42)18-24/h7-18H,1-6,19-20H2. The fourth-order valence-electron chi connectivity index (χ4n) is 6.36. The fraction of sp³-hybridized carbons (Fsp3) is 0.222. The Balaban J connectivity index is 1.20. The van der Waals surface area contributed by atoms with Crippen LogP contribution in [-0.2, 0) is 21.3 Å². The van der Waals surface area contributed by atoms with Gasteiger partial charge in [-0.1, -0.05) is 36.4 Å². The molecule has 2 nitrogen and oxygen atoms in total. The van der Waals surface area contributed by atoms with Crippen LogP contribution in [0.1, 0.15) is 71.9 Å². The molecule has 0 aromatic heterocycles. The molecule has 4 aromatic rings. The van der Waals surface area contributed by atoms with E-state index in [2.05, 4.69) is 0 Å². The van der Waals surface area contributed by atoms with Crippen molar-refractivity contribution in [2.45, 2.75) is 50.0 Å². The zero-order valence-electron chi connectivity index (χ0n) is 24.1. The van der Waals surface area contributed by atoms with Gasteiger partial charge in [0.2, 0.25) is 0 Å². The predicted molar refractivity (Wildman–Crippen MR) is 163 cm³/mol. The van der Waals surface area contributed by atoms with Crippen molar-refractivity contribution in [1.82, 2.24) is 0 Å². The molecule has 0 atom stereocenters. The van der Waals surface area contributed by atoms with E-state index < -0.39 is 56.2 Å².